The van der Waals surface area contributed by atoms with E-state index in [-0.39, 0.29) is 0 Å². The van der Waals surface area contributed by atoms with Crippen molar-refractivity contribution < 1.29 is 4.74 Å². The van der Waals surface area contributed by atoms with Gasteiger partial charge < -0.3 is 4.74 Å². The van der Waals surface area contributed by atoms with Gasteiger partial charge in [-0.05, 0) is 25.2 Å². The summed E-state index contributed by atoms with van der Waals surface area (Å²) in [7, 11) is 0. The van der Waals surface area contributed by atoms with Crippen LogP contribution in [0.5, 0.6) is 0 Å². The SMILES string of the molecule is CC(OC1CCCC1)C(C)(C)C. The second-order valence-electron chi connectivity index (χ2n) is 5.05. The first-order valence-electron chi connectivity index (χ1n) is 5.15. The van der Waals surface area contributed by atoms with E-state index in [9.17, 15) is 0 Å². The van der Waals surface area contributed by atoms with Gasteiger partial charge >= 0.3 is 0 Å². The van der Waals surface area contributed by atoms with Crippen molar-refractivity contribution >= 4 is 0 Å². The van der Waals surface area contributed by atoms with Gasteiger partial charge in [0.25, 0.3) is 0 Å². The highest BCUT2D eigenvalue weighted by molar-refractivity contribution is 4.74. The summed E-state index contributed by atoms with van der Waals surface area (Å²) in [5.74, 6) is 0. The van der Waals surface area contributed by atoms with Crippen LogP contribution in [0, 0.1) is 5.41 Å². The smallest absolute Gasteiger partial charge is 0.0599 e. The summed E-state index contributed by atoms with van der Waals surface area (Å²) >= 11 is 0. The van der Waals surface area contributed by atoms with E-state index >= 15 is 0 Å². The topological polar surface area (TPSA) is 9.23 Å². The van der Waals surface area contributed by atoms with Gasteiger partial charge in [-0.3, -0.25) is 0 Å². The molecular formula is C11H22O. The van der Waals surface area contributed by atoms with Gasteiger partial charge in [0.1, 0.15) is 0 Å². The van der Waals surface area contributed by atoms with Crippen LogP contribution in [0.3, 0.4) is 0 Å². The summed E-state index contributed by atoms with van der Waals surface area (Å²) in [6.45, 7) is 8.92. The molecule has 0 saturated heterocycles. The van der Waals surface area contributed by atoms with Gasteiger partial charge in [0.2, 0.25) is 0 Å². The molecule has 0 heterocycles. The summed E-state index contributed by atoms with van der Waals surface area (Å²) in [4.78, 5) is 0. The molecule has 72 valence electrons. The van der Waals surface area contributed by atoms with Crippen molar-refractivity contribution in [1.82, 2.24) is 0 Å². The Morgan fingerprint density at radius 3 is 2.08 bits per heavy atom. The van der Waals surface area contributed by atoms with Crippen LogP contribution in [-0.2, 0) is 4.74 Å². The molecule has 0 aromatic rings. The molecule has 0 amide bonds. The van der Waals surface area contributed by atoms with Crippen LogP contribution in [0.1, 0.15) is 53.4 Å². The van der Waals surface area contributed by atoms with Gasteiger partial charge in [-0.1, -0.05) is 33.6 Å². The molecule has 0 radical (unpaired) electrons. The maximum absolute atomic E-state index is 5.98. The van der Waals surface area contributed by atoms with E-state index in [2.05, 4.69) is 27.7 Å². The second kappa shape index (κ2) is 3.78. The predicted molar refractivity (Wildman–Crippen MR) is 52.3 cm³/mol. The second-order valence-corrected chi connectivity index (χ2v) is 5.05. The number of hydrogen-bond acceptors (Lipinski definition) is 1. The Kier molecular flexibility index (Phi) is 3.16. The highest BCUT2D eigenvalue weighted by atomic mass is 16.5. The van der Waals surface area contributed by atoms with Crippen LogP contribution < -0.4 is 0 Å². The Hall–Kier alpha value is -0.0400. The largest absolute Gasteiger partial charge is 0.375 e. The van der Waals surface area contributed by atoms with Crippen LogP contribution >= 0.6 is 0 Å². The molecule has 1 heteroatoms. The molecule has 1 unspecified atom stereocenters. The van der Waals surface area contributed by atoms with Gasteiger partial charge in [0.15, 0.2) is 0 Å². The van der Waals surface area contributed by atoms with E-state index in [1.807, 2.05) is 0 Å². The monoisotopic (exact) mass is 170 g/mol. The first kappa shape index (κ1) is 10.0. The highest BCUT2D eigenvalue weighted by Gasteiger charge is 2.25. The molecule has 0 N–H and O–H groups in total. The Labute approximate surface area is 76.5 Å². The number of hydrogen-bond donors (Lipinski definition) is 0. The van der Waals surface area contributed by atoms with Gasteiger partial charge in [0, 0.05) is 0 Å². The molecule has 1 fully saturated rings. The molecule has 12 heavy (non-hydrogen) atoms. The van der Waals surface area contributed by atoms with Crippen LogP contribution in [0.4, 0.5) is 0 Å². The van der Waals surface area contributed by atoms with Crippen molar-refractivity contribution in [1.29, 1.82) is 0 Å². The molecule has 1 aliphatic rings. The third-order valence-electron chi connectivity index (χ3n) is 2.92. The molecule has 0 aliphatic heterocycles. The third-order valence-corrected chi connectivity index (χ3v) is 2.92. The summed E-state index contributed by atoms with van der Waals surface area (Å²) in [5, 5.41) is 0. The van der Waals surface area contributed by atoms with Crippen LogP contribution in [0.15, 0.2) is 0 Å². The lowest BCUT2D eigenvalue weighted by molar-refractivity contribution is -0.0521. The van der Waals surface area contributed by atoms with Gasteiger partial charge in [-0.2, -0.15) is 0 Å². The molecular weight excluding hydrogens is 148 g/mol. The molecule has 0 spiro atoms. The minimum Gasteiger partial charge on any atom is -0.375 e. The minimum absolute atomic E-state index is 0.294. The standard InChI is InChI=1S/C11H22O/c1-9(11(2,3)4)12-10-7-5-6-8-10/h9-10H,5-8H2,1-4H3. The summed E-state index contributed by atoms with van der Waals surface area (Å²) in [6, 6.07) is 0. The van der Waals surface area contributed by atoms with Crippen molar-refractivity contribution in [2.45, 2.75) is 65.6 Å². The fourth-order valence-electron chi connectivity index (χ4n) is 1.52. The fourth-order valence-corrected chi connectivity index (χ4v) is 1.52. The van der Waals surface area contributed by atoms with Crippen molar-refractivity contribution in [3.63, 3.8) is 0 Å². The molecule has 1 rings (SSSR count). The van der Waals surface area contributed by atoms with Crippen molar-refractivity contribution in [3.05, 3.63) is 0 Å². The van der Waals surface area contributed by atoms with Crippen LogP contribution in [0.2, 0.25) is 0 Å². The fraction of sp³-hybridized carbons (Fsp3) is 1.00. The molecule has 1 atom stereocenters. The maximum atomic E-state index is 5.98. The molecule has 0 aromatic carbocycles. The first-order chi connectivity index (χ1) is 5.50. The van der Waals surface area contributed by atoms with E-state index in [0.717, 1.165) is 0 Å². The normalized spacial score (nSPS) is 23.0. The van der Waals surface area contributed by atoms with Gasteiger partial charge in [0.05, 0.1) is 12.2 Å². The quantitative estimate of drug-likeness (QED) is 0.617. The molecule has 1 nitrogen and oxygen atoms in total. The van der Waals surface area contributed by atoms with E-state index < -0.39 is 0 Å². The van der Waals surface area contributed by atoms with E-state index in [1.54, 1.807) is 0 Å². The highest BCUT2D eigenvalue weighted by Crippen LogP contribution is 2.28. The minimum atomic E-state index is 0.294. The van der Waals surface area contributed by atoms with Crippen molar-refractivity contribution in [3.8, 4) is 0 Å². The predicted octanol–water partition coefficient (Wildman–Crippen LogP) is 3.38. The number of ether oxygens (including phenoxy) is 1. The van der Waals surface area contributed by atoms with E-state index in [1.165, 1.54) is 25.7 Å². The van der Waals surface area contributed by atoms with Crippen molar-refractivity contribution in [2.75, 3.05) is 0 Å². The zero-order chi connectivity index (χ0) is 9.19. The zero-order valence-corrected chi connectivity index (χ0v) is 8.89. The molecule has 1 saturated carbocycles. The average Bonchev–Trinajstić information content (AvgIpc) is 2.37. The Morgan fingerprint density at radius 2 is 1.67 bits per heavy atom. The Bertz CT molecular complexity index is 128. The molecule has 0 bridgehead atoms. The van der Waals surface area contributed by atoms with Gasteiger partial charge in [-0.15, -0.1) is 0 Å². The average molecular weight is 170 g/mol. The van der Waals surface area contributed by atoms with Crippen LogP contribution in [0.25, 0.3) is 0 Å². The summed E-state index contributed by atoms with van der Waals surface area (Å²) < 4.78 is 5.98. The summed E-state index contributed by atoms with van der Waals surface area (Å²) in [5.41, 5.74) is 0.294. The van der Waals surface area contributed by atoms with Crippen LogP contribution in [-0.4, -0.2) is 12.2 Å². The lowest BCUT2D eigenvalue weighted by atomic mass is 9.90. The Balaban J connectivity index is 2.30. The summed E-state index contributed by atoms with van der Waals surface area (Å²) in [6.07, 6.45) is 6.23. The van der Waals surface area contributed by atoms with E-state index in [0.29, 0.717) is 17.6 Å². The third kappa shape index (κ3) is 2.78. The van der Waals surface area contributed by atoms with E-state index in [4.69, 9.17) is 4.74 Å². The maximum Gasteiger partial charge on any atom is 0.0599 e. The lowest BCUT2D eigenvalue weighted by Gasteiger charge is -2.29. The first-order valence-corrected chi connectivity index (χ1v) is 5.15. The zero-order valence-electron chi connectivity index (χ0n) is 8.89. The number of rotatable bonds is 2. The van der Waals surface area contributed by atoms with Gasteiger partial charge in [-0.25, -0.2) is 0 Å². The molecule has 0 aromatic heterocycles. The lowest BCUT2D eigenvalue weighted by Crippen LogP contribution is -2.29. The molecule has 1 aliphatic carbocycles. The Morgan fingerprint density at radius 1 is 1.17 bits per heavy atom. The van der Waals surface area contributed by atoms with Crippen molar-refractivity contribution in [2.24, 2.45) is 5.41 Å².